The molecule has 5 heteroatoms. The molecule has 1 heterocycles. The number of benzene rings is 1. The van der Waals surface area contributed by atoms with Crippen molar-refractivity contribution in [2.45, 2.75) is 58.3 Å². The van der Waals surface area contributed by atoms with Crippen molar-refractivity contribution in [1.82, 2.24) is 10.2 Å². The minimum absolute atomic E-state index is 0.355. The standard InChI is InChI=1S/C19H26N2O3/c1-3-4-5-6-7-8-9-10-17-20-21-18(24-17)15-11-13-16(14-12-15)19(22)23-2/h11-14H,3-10H2,1-2H3. The van der Waals surface area contributed by atoms with Crippen molar-refractivity contribution in [3.63, 3.8) is 0 Å². The summed E-state index contributed by atoms with van der Waals surface area (Å²) in [5.74, 6) is 0.812. The Morgan fingerprint density at radius 3 is 2.33 bits per heavy atom. The lowest BCUT2D eigenvalue weighted by atomic mass is 10.1. The first-order chi connectivity index (χ1) is 11.7. The lowest BCUT2D eigenvalue weighted by Gasteiger charge is -2.00. The Morgan fingerprint density at radius 2 is 1.67 bits per heavy atom. The maximum atomic E-state index is 11.4. The van der Waals surface area contributed by atoms with Gasteiger partial charge in [-0.05, 0) is 30.7 Å². The van der Waals surface area contributed by atoms with E-state index in [0.717, 1.165) is 18.4 Å². The fourth-order valence-electron chi connectivity index (χ4n) is 2.57. The Morgan fingerprint density at radius 1 is 1.00 bits per heavy atom. The fourth-order valence-corrected chi connectivity index (χ4v) is 2.57. The van der Waals surface area contributed by atoms with Gasteiger partial charge in [-0.1, -0.05) is 45.4 Å². The number of carbonyl (C=O) groups excluding carboxylic acids is 1. The molecular weight excluding hydrogens is 304 g/mol. The SMILES string of the molecule is CCCCCCCCCc1nnc(-c2ccc(C(=O)OC)cc2)o1. The molecule has 0 aliphatic carbocycles. The third-order valence-corrected chi connectivity index (χ3v) is 4.01. The average molecular weight is 330 g/mol. The highest BCUT2D eigenvalue weighted by Gasteiger charge is 2.10. The normalized spacial score (nSPS) is 10.8. The van der Waals surface area contributed by atoms with Crippen molar-refractivity contribution in [2.75, 3.05) is 7.11 Å². The molecule has 1 aromatic heterocycles. The van der Waals surface area contributed by atoms with Crippen LogP contribution in [0.2, 0.25) is 0 Å². The molecular formula is C19H26N2O3. The zero-order valence-corrected chi connectivity index (χ0v) is 14.6. The second kappa shape index (κ2) is 9.85. The van der Waals surface area contributed by atoms with Gasteiger partial charge in [0.2, 0.25) is 11.8 Å². The maximum absolute atomic E-state index is 11.4. The van der Waals surface area contributed by atoms with Crippen molar-refractivity contribution in [2.24, 2.45) is 0 Å². The molecule has 0 N–H and O–H groups in total. The molecule has 0 bridgehead atoms. The number of rotatable bonds is 10. The lowest BCUT2D eigenvalue weighted by Crippen LogP contribution is -2.00. The van der Waals surface area contributed by atoms with Crippen LogP contribution in [-0.2, 0) is 11.2 Å². The summed E-state index contributed by atoms with van der Waals surface area (Å²) in [5.41, 5.74) is 1.31. The van der Waals surface area contributed by atoms with Crippen LogP contribution in [0.25, 0.3) is 11.5 Å². The molecule has 0 saturated carbocycles. The van der Waals surface area contributed by atoms with Gasteiger partial charge in [0.15, 0.2) is 0 Å². The van der Waals surface area contributed by atoms with Gasteiger partial charge >= 0.3 is 5.97 Å². The second-order valence-corrected chi connectivity index (χ2v) is 5.94. The number of unbranched alkanes of at least 4 members (excludes halogenated alkanes) is 6. The number of ether oxygens (including phenoxy) is 1. The van der Waals surface area contributed by atoms with E-state index in [1.165, 1.54) is 45.6 Å². The number of nitrogens with zero attached hydrogens (tertiary/aromatic N) is 2. The smallest absolute Gasteiger partial charge is 0.337 e. The van der Waals surface area contributed by atoms with Crippen LogP contribution in [0, 0.1) is 0 Å². The Labute approximate surface area is 143 Å². The molecule has 0 spiro atoms. The molecule has 0 atom stereocenters. The van der Waals surface area contributed by atoms with Crippen LogP contribution in [0.3, 0.4) is 0 Å². The zero-order valence-electron chi connectivity index (χ0n) is 14.6. The van der Waals surface area contributed by atoms with E-state index in [1.807, 2.05) is 0 Å². The summed E-state index contributed by atoms with van der Waals surface area (Å²) in [6, 6.07) is 6.97. The fraction of sp³-hybridized carbons (Fsp3) is 0.526. The highest BCUT2D eigenvalue weighted by atomic mass is 16.5. The van der Waals surface area contributed by atoms with E-state index in [1.54, 1.807) is 24.3 Å². The Hall–Kier alpha value is -2.17. The van der Waals surface area contributed by atoms with E-state index in [-0.39, 0.29) is 5.97 Å². The van der Waals surface area contributed by atoms with Gasteiger partial charge < -0.3 is 9.15 Å². The number of methoxy groups -OCH3 is 1. The minimum atomic E-state index is -0.355. The van der Waals surface area contributed by atoms with Crippen molar-refractivity contribution >= 4 is 5.97 Å². The summed E-state index contributed by atoms with van der Waals surface area (Å²) in [4.78, 5) is 11.4. The van der Waals surface area contributed by atoms with Crippen molar-refractivity contribution in [3.8, 4) is 11.5 Å². The van der Waals surface area contributed by atoms with Gasteiger partial charge in [-0.25, -0.2) is 4.79 Å². The van der Waals surface area contributed by atoms with Crippen molar-refractivity contribution < 1.29 is 13.9 Å². The Bertz CT molecular complexity index is 620. The number of hydrogen-bond acceptors (Lipinski definition) is 5. The second-order valence-electron chi connectivity index (χ2n) is 5.94. The molecule has 0 aliphatic heterocycles. The summed E-state index contributed by atoms with van der Waals surface area (Å²) in [6.07, 6.45) is 9.65. The van der Waals surface area contributed by atoms with Gasteiger partial charge in [-0.3, -0.25) is 0 Å². The van der Waals surface area contributed by atoms with Gasteiger partial charge in [-0.15, -0.1) is 10.2 Å². The van der Waals surface area contributed by atoms with Gasteiger partial charge in [0, 0.05) is 12.0 Å². The molecule has 24 heavy (non-hydrogen) atoms. The highest BCUT2D eigenvalue weighted by molar-refractivity contribution is 5.89. The molecule has 0 radical (unpaired) electrons. The van der Waals surface area contributed by atoms with E-state index >= 15 is 0 Å². The zero-order chi connectivity index (χ0) is 17.2. The first-order valence-electron chi connectivity index (χ1n) is 8.75. The average Bonchev–Trinajstić information content (AvgIpc) is 3.09. The van der Waals surface area contributed by atoms with Crippen LogP contribution in [-0.4, -0.2) is 23.3 Å². The molecule has 0 saturated heterocycles. The number of esters is 1. The molecule has 2 aromatic rings. The summed E-state index contributed by atoms with van der Waals surface area (Å²) < 4.78 is 10.4. The summed E-state index contributed by atoms with van der Waals surface area (Å²) >= 11 is 0. The minimum Gasteiger partial charge on any atom is -0.465 e. The van der Waals surface area contributed by atoms with Crippen LogP contribution in [0.15, 0.2) is 28.7 Å². The molecule has 0 amide bonds. The largest absolute Gasteiger partial charge is 0.465 e. The van der Waals surface area contributed by atoms with E-state index < -0.39 is 0 Å². The predicted molar refractivity (Wildman–Crippen MR) is 92.8 cm³/mol. The Kier molecular flexibility index (Phi) is 7.46. The van der Waals surface area contributed by atoms with E-state index in [0.29, 0.717) is 17.3 Å². The van der Waals surface area contributed by atoms with E-state index in [4.69, 9.17) is 4.42 Å². The number of hydrogen-bond donors (Lipinski definition) is 0. The van der Waals surface area contributed by atoms with Crippen LogP contribution in [0.4, 0.5) is 0 Å². The quantitative estimate of drug-likeness (QED) is 0.462. The first-order valence-corrected chi connectivity index (χ1v) is 8.75. The number of carbonyl (C=O) groups is 1. The lowest BCUT2D eigenvalue weighted by molar-refractivity contribution is 0.0600. The predicted octanol–water partition coefficient (Wildman–Crippen LogP) is 4.82. The van der Waals surface area contributed by atoms with Crippen LogP contribution < -0.4 is 0 Å². The molecule has 0 unspecified atom stereocenters. The molecule has 0 fully saturated rings. The van der Waals surface area contributed by atoms with Crippen LogP contribution >= 0.6 is 0 Å². The molecule has 1 aromatic carbocycles. The number of aromatic nitrogens is 2. The highest BCUT2D eigenvalue weighted by Crippen LogP contribution is 2.19. The monoisotopic (exact) mass is 330 g/mol. The molecule has 130 valence electrons. The Balaban J connectivity index is 1.79. The molecule has 5 nitrogen and oxygen atoms in total. The number of aryl methyl sites for hydroxylation is 1. The van der Waals surface area contributed by atoms with Gasteiger partial charge in [0.25, 0.3) is 0 Å². The summed E-state index contributed by atoms with van der Waals surface area (Å²) in [7, 11) is 1.37. The third kappa shape index (κ3) is 5.48. The first kappa shape index (κ1) is 18.2. The summed E-state index contributed by atoms with van der Waals surface area (Å²) in [6.45, 7) is 2.23. The van der Waals surface area contributed by atoms with Gasteiger partial charge in [-0.2, -0.15) is 0 Å². The van der Waals surface area contributed by atoms with Gasteiger partial charge in [0.05, 0.1) is 12.7 Å². The van der Waals surface area contributed by atoms with E-state index in [9.17, 15) is 4.79 Å². The molecule has 2 rings (SSSR count). The third-order valence-electron chi connectivity index (χ3n) is 4.01. The summed E-state index contributed by atoms with van der Waals surface area (Å²) in [5, 5.41) is 8.19. The van der Waals surface area contributed by atoms with Crippen molar-refractivity contribution in [1.29, 1.82) is 0 Å². The maximum Gasteiger partial charge on any atom is 0.337 e. The van der Waals surface area contributed by atoms with Gasteiger partial charge in [0.1, 0.15) is 0 Å². The topological polar surface area (TPSA) is 65.2 Å². The molecule has 0 aliphatic rings. The van der Waals surface area contributed by atoms with Crippen LogP contribution in [0.5, 0.6) is 0 Å². The van der Waals surface area contributed by atoms with Crippen LogP contribution in [0.1, 0.15) is 68.1 Å². The van der Waals surface area contributed by atoms with E-state index in [2.05, 4.69) is 21.9 Å². The van der Waals surface area contributed by atoms with Crippen molar-refractivity contribution in [3.05, 3.63) is 35.7 Å².